The molecular formula is C24H30O6Si. The Morgan fingerprint density at radius 1 is 0.839 bits per heavy atom. The Balaban J connectivity index is 2.10. The van der Waals surface area contributed by atoms with Crippen molar-refractivity contribution >= 4 is 26.0 Å². The van der Waals surface area contributed by atoms with Crippen LogP contribution in [0.25, 0.3) is 0 Å². The van der Waals surface area contributed by atoms with E-state index in [0.29, 0.717) is 11.1 Å². The summed E-state index contributed by atoms with van der Waals surface area (Å²) in [6.45, 7) is 9.66. The normalized spacial score (nSPS) is 12.7. The van der Waals surface area contributed by atoms with E-state index in [4.69, 9.17) is 13.9 Å². The number of rotatable bonds is 9. The Kier molecular flexibility index (Phi) is 8.30. The van der Waals surface area contributed by atoms with Crippen molar-refractivity contribution in [3.63, 3.8) is 0 Å². The fourth-order valence-electron chi connectivity index (χ4n) is 2.33. The average Bonchev–Trinajstić information content (AvgIpc) is 2.75. The topological polar surface area (TPSA) is 78.9 Å². The molecule has 166 valence electrons. The maximum Gasteiger partial charge on any atom is 0.338 e. The summed E-state index contributed by atoms with van der Waals surface area (Å²) in [6.07, 6.45) is -1.26. The van der Waals surface area contributed by atoms with E-state index in [1.807, 2.05) is 13.1 Å². The molecule has 0 aliphatic rings. The quantitative estimate of drug-likeness (QED) is 0.415. The third-order valence-electron chi connectivity index (χ3n) is 5.37. The van der Waals surface area contributed by atoms with Crippen LogP contribution in [0.3, 0.4) is 0 Å². The second kappa shape index (κ2) is 10.5. The largest absolute Gasteiger partial charge is 0.458 e. The first kappa shape index (κ1) is 24.5. The molecule has 0 fully saturated rings. The Morgan fingerprint density at radius 3 is 1.81 bits per heavy atom. The maximum atomic E-state index is 12.9. The summed E-state index contributed by atoms with van der Waals surface area (Å²) < 4.78 is 16.6. The van der Waals surface area contributed by atoms with Gasteiger partial charge in [0.25, 0.3) is 0 Å². The van der Waals surface area contributed by atoms with Crippen molar-refractivity contribution in [2.75, 3.05) is 13.2 Å². The lowest BCUT2D eigenvalue weighted by molar-refractivity contribution is -0.132. The number of benzene rings is 2. The van der Waals surface area contributed by atoms with E-state index < -0.39 is 32.1 Å². The SMILES string of the molecule is CC(C)(C)[Si](C)(C)OCC(=O)[C@@H](COC(=O)c1ccccc1)OC(=O)c1ccccc1. The molecule has 2 aromatic rings. The standard InChI is InChI=1S/C24H30O6Si/c1-24(2,3)31(4,5)29-16-20(25)21(30-23(27)19-14-10-7-11-15-19)17-28-22(26)18-12-8-6-9-13-18/h6-15,21H,16-17H2,1-5H3/t21-/m1/s1. The lowest BCUT2D eigenvalue weighted by Crippen LogP contribution is -2.44. The molecule has 2 aromatic carbocycles. The van der Waals surface area contributed by atoms with Crippen LogP contribution >= 0.6 is 0 Å². The maximum absolute atomic E-state index is 12.9. The van der Waals surface area contributed by atoms with Crippen LogP contribution in [0.2, 0.25) is 18.1 Å². The molecule has 0 aliphatic carbocycles. The van der Waals surface area contributed by atoms with Crippen molar-refractivity contribution in [3.8, 4) is 0 Å². The molecule has 0 saturated heterocycles. The van der Waals surface area contributed by atoms with Gasteiger partial charge in [-0.1, -0.05) is 57.2 Å². The van der Waals surface area contributed by atoms with Crippen molar-refractivity contribution in [3.05, 3.63) is 71.8 Å². The van der Waals surface area contributed by atoms with E-state index in [0.717, 1.165) is 0 Å². The summed E-state index contributed by atoms with van der Waals surface area (Å²) in [5.41, 5.74) is 0.653. The predicted molar refractivity (Wildman–Crippen MR) is 121 cm³/mol. The number of hydrogen-bond donors (Lipinski definition) is 0. The van der Waals surface area contributed by atoms with Crippen molar-refractivity contribution in [2.24, 2.45) is 0 Å². The van der Waals surface area contributed by atoms with Crippen molar-refractivity contribution in [2.45, 2.75) is 45.0 Å². The highest BCUT2D eigenvalue weighted by Crippen LogP contribution is 2.36. The number of ether oxygens (including phenoxy) is 2. The van der Waals surface area contributed by atoms with Crippen LogP contribution < -0.4 is 0 Å². The minimum Gasteiger partial charge on any atom is -0.458 e. The number of ketones is 1. The first-order valence-electron chi connectivity index (χ1n) is 10.2. The highest BCUT2D eigenvalue weighted by atomic mass is 28.4. The molecule has 0 radical (unpaired) electrons. The molecule has 31 heavy (non-hydrogen) atoms. The molecule has 0 amide bonds. The molecule has 2 rings (SSSR count). The van der Waals surface area contributed by atoms with Crippen molar-refractivity contribution in [1.82, 2.24) is 0 Å². The number of carbonyl (C=O) groups is 3. The highest BCUT2D eigenvalue weighted by Gasteiger charge is 2.38. The summed E-state index contributed by atoms with van der Waals surface area (Å²) >= 11 is 0. The first-order valence-corrected chi connectivity index (χ1v) is 13.1. The molecule has 0 bridgehead atoms. The first-order chi connectivity index (χ1) is 14.5. The number of esters is 2. The monoisotopic (exact) mass is 442 g/mol. The summed E-state index contributed by atoms with van der Waals surface area (Å²) in [5, 5.41) is -0.0801. The Labute approximate surface area is 184 Å². The smallest absolute Gasteiger partial charge is 0.338 e. The molecule has 1 atom stereocenters. The van der Waals surface area contributed by atoms with Gasteiger partial charge in [0.05, 0.1) is 17.7 Å². The van der Waals surface area contributed by atoms with Crippen LogP contribution in [0.4, 0.5) is 0 Å². The van der Waals surface area contributed by atoms with Crippen LogP contribution in [0.15, 0.2) is 60.7 Å². The van der Waals surface area contributed by atoms with Gasteiger partial charge in [-0.25, -0.2) is 9.59 Å². The predicted octanol–water partition coefficient (Wildman–Crippen LogP) is 4.66. The molecule has 0 spiro atoms. The van der Waals surface area contributed by atoms with E-state index in [-0.39, 0.29) is 18.3 Å². The molecule has 7 heteroatoms. The van der Waals surface area contributed by atoms with E-state index in [1.54, 1.807) is 60.7 Å². The van der Waals surface area contributed by atoms with Gasteiger partial charge < -0.3 is 13.9 Å². The molecular weight excluding hydrogens is 412 g/mol. The van der Waals surface area contributed by atoms with Gasteiger partial charge in [-0.2, -0.15) is 0 Å². The zero-order valence-corrected chi connectivity index (χ0v) is 19.7. The van der Waals surface area contributed by atoms with E-state index in [1.165, 1.54) is 0 Å². The summed E-state index contributed by atoms with van der Waals surface area (Å²) in [5.74, 6) is -1.71. The van der Waals surface area contributed by atoms with Gasteiger partial charge >= 0.3 is 11.9 Å². The molecule has 0 heterocycles. The highest BCUT2D eigenvalue weighted by molar-refractivity contribution is 6.74. The molecule has 0 aliphatic heterocycles. The molecule has 0 aromatic heterocycles. The second-order valence-electron chi connectivity index (χ2n) is 8.74. The molecule has 0 N–H and O–H groups in total. The number of Topliss-reactive ketones (excluding diaryl/α,β-unsaturated/α-hetero) is 1. The number of carbonyl (C=O) groups excluding carboxylic acids is 3. The van der Waals surface area contributed by atoms with Gasteiger partial charge in [0, 0.05) is 0 Å². The van der Waals surface area contributed by atoms with E-state index >= 15 is 0 Å². The van der Waals surface area contributed by atoms with Gasteiger partial charge in [-0.15, -0.1) is 0 Å². The van der Waals surface area contributed by atoms with E-state index in [2.05, 4.69) is 20.8 Å². The Bertz CT molecular complexity index is 887. The third kappa shape index (κ3) is 7.15. The van der Waals surface area contributed by atoms with Crippen molar-refractivity contribution in [1.29, 1.82) is 0 Å². The third-order valence-corrected chi connectivity index (χ3v) is 9.85. The van der Waals surface area contributed by atoms with Gasteiger partial charge in [-0.05, 0) is 42.4 Å². The Hall–Kier alpha value is -2.77. The fourth-order valence-corrected chi connectivity index (χ4v) is 3.27. The summed E-state index contributed by atoms with van der Waals surface area (Å²) in [6, 6.07) is 16.8. The lowest BCUT2D eigenvalue weighted by atomic mass is 10.2. The van der Waals surface area contributed by atoms with Crippen LogP contribution in [-0.2, 0) is 18.7 Å². The van der Waals surface area contributed by atoms with Gasteiger partial charge in [0.15, 0.2) is 14.4 Å². The van der Waals surface area contributed by atoms with Gasteiger partial charge in [-0.3, -0.25) is 4.79 Å². The van der Waals surface area contributed by atoms with Gasteiger partial charge in [0.1, 0.15) is 6.61 Å². The number of hydrogen-bond acceptors (Lipinski definition) is 6. The Morgan fingerprint density at radius 2 is 1.32 bits per heavy atom. The second-order valence-corrected chi connectivity index (χ2v) is 13.5. The van der Waals surface area contributed by atoms with Gasteiger partial charge in [0.2, 0.25) is 5.78 Å². The summed E-state index contributed by atoms with van der Waals surface area (Å²) in [7, 11) is -2.18. The zero-order chi connectivity index (χ0) is 23.1. The minimum atomic E-state index is -2.18. The van der Waals surface area contributed by atoms with Crippen LogP contribution in [-0.4, -0.2) is 45.4 Å². The lowest BCUT2D eigenvalue weighted by Gasteiger charge is -2.36. The van der Waals surface area contributed by atoms with Crippen LogP contribution in [0, 0.1) is 0 Å². The molecule has 6 nitrogen and oxygen atoms in total. The molecule has 0 unspecified atom stereocenters. The van der Waals surface area contributed by atoms with Crippen LogP contribution in [0.1, 0.15) is 41.5 Å². The zero-order valence-electron chi connectivity index (χ0n) is 18.7. The van der Waals surface area contributed by atoms with E-state index in [9.17, 15) is 14.4 Å². The molecule has 0 saturated carbocycles. The van der Waals surface area contributed by atoms with Crippen molar-refractivity contribution < 1.29 is 28.3 Å². The fraction of sp³-hybridized carbons (Fsp3) is 0.375. The minimum absolute atomic E-state index is 0.0801. The average molecular weight is 443 g/mol. The van der Waals surface area contributed by atoms with Crippen LogP contribution in [0.5, 0.6) is 0 Å². The summed E-state index contributed by atoms with van der Waals surface area (Å²) in [4.78, 5) is 37.6.